The third kappa shape index (κ3) is 11.4. The second-order valence-electron chi connectivity index (χ2n) is 13.0. The molecule has 0 unspecified atom stereocenters. The molecule has 2 amide bonds. The molecule has 0 heterocycles. The molecule has 47 heavy (non-hydrogen) atoms. The number of amides is 2. The van der Waals surface area contributed by atoms with Crippen LogP contribution in [0, 0.1) is 0 Å². The van der Waals surface area contributed by atoms with Crippen molar-refractivity contribution in [3.63, 3.8) is 0 Å². The molecule has 2 atom stereocenters. The molecule has 252 valence electrons. The van der Waals surface area contributed by atoms with E-state index < -0.39 is 59.8 Å². The van der Waals surface area contributed by atoms with Crippen molar-refractivity contribution < 1.29 is 48.3 Å². The maximum atomic E-state index is 13.9. The first kappa shape index (κ1) is 36.6. The molecule has 0 radical (unpaired) electrons. The van der Waals surface area contributed by atoms with Crippen LogP contribution in [-0.2, 0) is 48.2 Å². The summed E-state index contributed by atoms with van der Waals surface area (Å²) < 4.78 is 22.0. The summed E-state index contributed by atoms with van der Waals surface area (Å²) in [4.78, 5) is 55.4. The first-order valence-electron chi connectivity index (χ1n) is 15.1. The van der Waals surface area contributed by atoms with E-state index in [1.54, 1.807) is 114 Å². The number of aromatic hydroxyl groups is 1. The van der Waals surface area contributed by atoms with Crippen LogP contribution in [0.25, 0.3) is 0 Å². The molecule has 0 aliphatic heterocycles. The largest absolute Gasteiger partial charge is 0.508 e. The van der Waals surface area contributed by atoms with Gasteiger partial charge in [0.15, 0.2) is 5.60 Å². The molecular weight excluding hydrogens is 606 g/mol. The maximum Gasteiger partial charge on any atom is 0.420 e. The minimum Gasteiger partial charge on any atom is -0.508 e. The van der Waals surface area contributed by atoms with E-state index in [9.17, 15) is 29.4 Å². The second kappa shape index (κ2) is 15.6. The fraction of sp³-hybridized carbons (Fsp3) is 0.389. The van der Waals surface area contributed by atoms with E-state index in [0.29, 0.717) is 16.0 Å². The number of hydrogen-bond acceptors (Lipinski definition) is 10. The summed E-state index contributed by atoms with van der Waals surface area (Å²) in [5.74, 6) is -2.53. The van der Waals surface area contributed by atoms with Crippen molar-refractivity contribution in [3.8, 4) is 5.75 Å². The van der Waals surface area contributed by atoms with Crippen molar-refractivity contribution in [1.82, 2.24) is 4.90 Å². The molecule has 0 fully saturated rings. The van der Waals surface area contributed by atoms with Gasteiger partial charge in [0.2, 0.25) is 0 Å². The van der Waals surface area contributed by atoms with Crippen LogP contribution < -0.4 is 0 Å². The van der Waals surface area contributed by atoms with Gasteiger partial charge >= 0.3 is 24.1 Å². The Bertz CT molecular complexity index is 1480. The quantitative estimate of drug-likeness (QED) is 0.185. The Hall–Kier alpha value is -4.90. The number of phenols is 1. The predicted molar refractivity (Wildman–Crippen MR) is 172 cm³/mol. The zero-order chi connectivity index (χ0) is 34.8. The van der Waals surface area contributed by atoms with Crippen molar-refractivity contribution in [2.75, 3.05) is 0 Å². The summed E-state index contributed by atoms with van der Waals surface area (Å²) in [6.07, 6.45) is -3.97. The number of carbonyl (C=O) groups is 4. The summed E-state index contributed by atoms with van der Waals surface area (Å²) in [6, 6.07) is 21.4. The Labute approximate surface area is 275 Å². The Morgan fingerprint density at radius 3 is 1.60 bits per heavy atom. The summed E-state index contributed by atoms with van der Waals surface area (Å²) in [5, 5.41) is 22.6. The van der Waals surface area contributed by atoms with E-state index in [0.717, 1.165) is 0 Å². The van der Waals surface area contributed by atoms with Gasteiger partial charge in [-0.2, -0.15) is 4.90 Å². The lowest BCUT2D eigenvalue weighted by molar-refractivity contribution is -0.172. The number of esters is 2. The van der Waals surface area contributed by atoms with Crippen molar-refractivity contribution in [2.45, 2.75) is 90.4 Å². The lowest BCUT2D eigenvalue weighted by Crippen LogP contribution is -2.57. The van der Waals surface area contributed by atoms with Crippen LogP contribution in [0.15, 0.2) is 84.9 Å². The smallest absolute Gasteiger partial charge is 0.420 e. The van der Waals surface area contributed by atoms with Crippen LogP contribution >= 0.6 is 0 Å². The fourth-order valence-electron chi connectivity index (χ4n) is 4.44. The number of ether oxygens (including phenoxy) is 4. The van der Waals surface area contributed by atoms with Gasteiger partial charge in [-0.15, -0.1) is 0 Å². The molecule has 0 aliphatic carbocycles. The minimum absolute atomic E-state index is 0.143. The molecule has 11 heteroatoms. The van der Waals surface area contributed by atoms with E-state index >= 15 is 0 Å². The van der Waals surface area contributed by atoms with Crippen molar-refractivity contribution in [1.29, 1.82) is 0 Å². The summed E-state index contributed by atoms with van der Waals surface area (Å²) in [5.41, 5.74) is -3.44. The Morgan fingerprint density at radius 2 is 1.13 bits per heavy atom. The first-order chi connectivity index (χ1) is 22.0. The highest BCUT2D eigenvalue weighted by atomic mass is 16.6. The van der Waals surface area contributed by atoms with E-state index in [-0.39, 0.29) is 24.5 Å². The van der Waals surface area contributed by atoms with Crippen LogP contribution in [0.3, 0.4) is 0 Å². The Kier molecular flexibility index (Phi) is 12.1. The number of carbonyl (C=O) groups excluding carboxylic acids is 4. The van der Waals surface area contributed by atoms with Crippen LogP contribution in [0.4, 0.5) is 9.59 Å². The van der Waals surface area contributed by atoms with Crippen LogP contribution in [0.2, 0.25) is 0 Å². The molecule has 3 rings (SSSR count). The van der Waals surface area contributed by atoms with Gasteiger partial charge in [0.05, 0.1) is 0 Å². The summed E-state index contributed by atoms with van der Waals surface area (Å²) in [7, 11) is 0. The predicted octanol–water partition coefficient (Wildman–Crippen LogP) is 6.08. The van der Waals surface area contributed by atoms with Crippen molar-refractivity contribution in [3.05, 3.63) is 102 Å². The Balaban J connectivity index is 2.11. The molecule has 0 spiro atoms. The van der Waals surface area contributed by atoms with E-state index in [1.807, 2.05) is 0 Å². The molecule has 3 aromatic rings. The lowest BCUT2D eigenvalue weighted by Gasteiger charge is -2.35. The Morgan fingerprint density at radius 1 is 0.681 bits per heavy atom. The first-order valence-corrected chi connectivity index (χ1v) is 15.1. The average Bonchev–Trinajstić information content (AvgIpc) is 2.98. The van der Waals surface area contributed by atoms with Gasteiger partial charge < -0.3 is 29.2 Å². The van der Waals surface area contributed by atoms with Crippen molar-refractivity contribution in [2.24, 2.45) is 0 Å². The zero-order valence-corrected chi connectivity index (χ0v) is 27.6. The van der Waals surface area contributed by atoms with Crippen molar-refractivity contribution >= 4 is 24.1 Å². The number of hydrogen-bond donors (Lipinski definition) is 2. The molecule has 0 saturated heterocycles. The van der Waals surface area contributed by atoms with Gasteiger partial charge in [0, 0.05) is 12.8 Å². The van der Waals surface area contributed by atoms with Gasteiger partial charge in [0.25, 0.3) is 0 Å². The lowest BCUT2D eigenvalue weighted by atomic mass is 9.87. The van der Waals surface area contributed by atoms with E-state index in [1.165, 1.54) is 12.1 Å². The normalized spacial score (nSPS) is 13.4. The maximum absolute atomic E-state index is 13.9. The highest BCUT2D eigenvalue weighted by molar-refractivity contribution is 5.95. The van der Waals surface area contributed by atoms with Crippen LogP contribution in [0.5, 0.6) is 5.75 Å². The van der Waals surface area contributed by atoms with Gasteiger partial charge in [0.1, 0.15) is 36.2 Å². The number of nitrogens with zero attached hydrogens (tertiary/aromatic N) is 1. The summed E-state index contributed by atoms with van der Waals surface area (Å²) >= 11 is 0. The molecule has 3 aromatic carbocycles. The number of para-hydroxylation sites is 1. The summed E-state index contributed by atoms with van der Waals surface area (Å²) in [6.45, 7) is 8.92. The molecule has 0 bridgehead atoms. The highest BCUT2D eigenvalue weighted by Crippen LogP contribution is 2.30. The van der Waals surface area contributed by atoms with Gasteiger partial charge in [-0.1, -0.05) is 78.9 Å². The molecule has 0 aromatic heterocycles. The van der Waals surface area contributed by atoms with E-state index in [4.69, 9.17) is 18.9 Å². The highest BCUT2D eigenvalue weighted by Gasteiger charge is 2.49. The number of aliphatic hydroxyl groups is 1. The fourth-order valence-corrected chi connectivity index (χ4v) is 4.44. The van der Waals surface area contributed by atoms with Crippen LogP contribution in [-0.4, -0.2) is 62.1 Å². The molecule has 0 saturated carbocycles. The SMILES string of the molecule is CC(C)(C)OC(=O)N(C(=O)OC(C)(C)C)[C@@H](C[C@](O)(Cc1ccccc1O)C(=O)OCc1ccccc1)C(=O)OCc1ccccc1. The topological polar surface area (TPSA) is 149 Å². The standard InChI is InChI=1S/C36H43NO10/c1-34(2,3)46-32(41)37(33(42)47-35(4,5)6)28(30(39)44-23-25-15-9-7-10-16-25)22-36(43,21-27-19-13-14-20-29(27)38)31(40)45-24-26-17-11-8-12-18-26/h7-20,28,38,43H,21-24H2,1-6H3/t28-,36+/m0/s1. The van der Waals surface area contributed by atoms with Crippen LogP contribution in [0.1, 0.15) is 64.7 Å². The van der Waals surface area contributed by atoms with Gasteiger partial charge in [-0.3, -0.25) is 0 Å². The molecule has 0 aliphatic rings. The third-order valence-electron chi connectivity index (χ3n) is 6.59. The van der Waals surface area contributed by atoms with Gasteiger partial charge in [-0.05, 0) is 64.3 Å². The molecule has 2 N–H and O–H groups in total. The number of rotatable bonds is 11. The number of phenolic OH excluding ortho intramolecular Hbond substituents is 1. The zero-order valence-electron chi connectivity index (χ0n) is 27.6. The molecule has 11 nitrogen and oxygen atoms in total. The van der Waals surface area contributed by atoms with Gasteiger partial charge in [-0.25, -0.2) is 19.2 Å². The van der Waals surface area contributed by atoms with E-state index in [2.05, 4.69) is 0 Å². The minimum atomic E-state index is -2.58. The number of imide groups is 1. The average molecular weight is 650 g/mol. The second-order valence-corrected chi connectivity index (χ2v) is 13.0. The number of benzene rings is 3. The third-order valence-corrected chi connectivity index (χ3v) is 6.59. The monoisotopic (exact) mass is 649 g/mol. The molecular formula is C36H43NO10.